The van der Waals surface area contributed by atoms with Gasteiger partial charge in [0.25, 0.3) is 0 Å². The number of aromatic nitrogens is 1. The third-order valence-corrected chi connectivity index (χ3v) is 16.4. The molecule has 1 radical (unpaired) electrons. The maximum absolute atomic E-state index is 3.95. The summed E-state index contributed by atoms with van der Waals surface area (Å²) in [7, 11) is 2.55. The van der Waals surface area contributed by atoms with Gasteiger partial charge in [0.1, 0.15) is 0 Å². The zero-order chi connectivity index (χ0) is 41.1. The Hall–Kier alpha value is -5.32. The third-order valence-electron chi connectivity index (χ3n) is 15.3. The molecule has 0 saturated heterocycles. The number of rotatable bonds is 2. The molecule has 3 heterocycles. The molecule has 0 saturated carbocycles. The SMILES string of the molecule is CC1(C)CCC(C)(C)c2cc(N3c4c(c(-c5cccc6c5[nH]c5cc7ccccc7cc56)cc5ccccc45)[B]c4sc5cc6c(cc5c43)C(C)(C)CCC6(C)C)ccc21. The van der Waals surface area contributed by atoms with Gasteiger partial charge in [0.05, 0.1) is 11.2 Å². The number of hydrogen-bond acceptors (Lipinski definition) is 2. The van der Waals surface area contributed by atoms with Gasteiger partial charge in [0.15, 0.2) is 0 Å². The maximum Gasteiger partial charge on any atom is 0.211 e. The molecule has 9 aromatic rings. The Kier molecular flexibility index (Phi) is 7.41. The van der Waals surface area contributed by atoms with Gasteiger partial charge in [0, 0.05) is 48.7 Å². The van der Waals surface area contributed by atoms with Crippen LogP contribution in [0.3, 0.4) is 0 Å². The molecule has 0 atom stereocenters. The van der Waals surface area contributed by atoms with Gasteiger partial charge in [-0.15, -0.1) is 11.3 Å². The summed E-state index contributed by atoms with van der Waals surface area (Å²) in [5.41, 5.74) is 16.5. The molecule has 12 rings (SSSR count). The normalized spacial score (nSPS) is 18.4. The predicted octanol–water partition coefficient (Wildman–Crippen LogP) is 14.6. The van der Waals surface area contributed by atoms with Crippen LogP contribution < -0.4 is 15.1 Å². The summed E-state index contributed by atoms with van der Waals surface area (Å²) in [5.74, 6) is 0. The molecule has 3 aliphatic rings. The second kappa shape index (κ2) is 12.2. The lowest BCUT2D eigenvalue weighted by Crippen LogP contribution is -2.40. The quantitative estimate of drug-likeness (QED) is 0.173. The topological polar surface area (TPSA) is 19.0 Å². The number of para-hydroxylation sites is 1. The van der Waals surface area contributed by atoms with Crippen molar-refractivity contribution in [2.75, 3.05) is 4.90 Å². The van der Waals surface area contributed by atoms with Crippen molar-refractivity contribution in [2.24, 2.45) is 0 Å². The van der Waals surface area contributed by atoms with Gasteiger partial charge in [-0.05, 0) is 144 Å². The van der Waals surface area contributed by atoms with E-state index in [2.05, 4.69) is 188 Å². The standard InChI is InChI=1S/C56H52BN2S/c1-53(2)22-23-54(3,4)43-29-35(20-21-42(43)53)59-50-36-17-12-11-16-34(36)27-40(38-19-13-18-37-39-26-32-14-9-10-15-33(32)28-46(39)58-49(37)38)48(50)57-52-51(59)41-30-44-45(31-47(41)60-52)56(7,8)25-24-55(44,5)6/h9-21,26-31,58H,22-25H2,1-8H3. The van der Waals surface area contributed by atoms with Crippen molar-refractivity contribution >= 4 is 99.4 Å². The van der Waals surface area contributed by atoms with Crippen LogP contribution in [0.4, 0.5) is 17.1 Å². The van der Waals surface area contributed by atoms with Crippen LogP contribution >= 0.6 is 11.3 Å². The molecule has 1 aliphatic heterocycles. The van der Waals surface area contributed by atoms with Crippen molar-refractivity contribution in [3.05, 3.63) is 138 Å². The molecule has 0 amide bonds. The molecule has 2 nitrogen and oxygen atoms in total. The van der Waals surface area contributed by atoms with Crippen LogP contribution in [0.5, 0.6) is 0 Å². The smallest absolute Gasteiger partial charge is 0.211 e. The zero-order valence-corrected chi connectivity index (χ0v) is 37.0. The fourth-order valence-electron chi connectivity index (χ4n) is 11.5. The average Bonchev–Trinajstić information content (AvgIpc) is 3.79. The van der Waals surface area contributed by atoms with Gasteiger partial charge in [-0.2, -0.15) is 0 Å². The number of fused-ring (bicyclic) bond motifs is 12. The largest absolute Gasteiger partial charge is 0.354 e. The van der Waals surface area contributed by atoms with Crippen LogP contribution in [0.25, 0.3) is 64.6 Å². The number of benzene rings is 7. The van der Waals surface area contributed by atoms with Crippen LogP contribution in [0.2, 0.25) is 0 Å². The molecule has 1 N–H and O–H groups in total. The minimum Gasteiger partial charge on any atom is -0.354 e. The number of hydrogen-bond donors (Lipinski definition) is 1. The molecule has 7 aromatic carbocycles. The summed E-state index contributed by atoms with van der Waals surface area (Å²) in [6, 6.07) is 44.5. The average molecular weight is 796 g/mol. The second-order valence-electron chi connectivity index (χ2n) is 21.0. The van der Waals surface area contributed by atoms with Crippen molar-refractivity contribution < 1.29 is 0 Å². The first-order valence-electron chi connectivity index (χ1n) is 22.1. The van der Waals surface area contributed by atoms with E-state index in [0.717, 1.165) is 0 Å². The lowest BCUT2D eigenvalue weighted by molar-refractivity contribution is 0.332. The van der Waals surface area contributed by atoms with Crippen molar-refractivity contribution in [2.45, 2.75) is 103 Å². The van der Waals surface area contributed by atoms with Crippen molar-refractivity contribution in [3.8, 4) is 11.1 Å². The zero-order valence-electron chi connectivity index (χ0n) is 36.2. The molecule has 4 heteroatoms. The summed E-state index contributed by atoms with van der Waals surface area (Å²) in [4.78, 5) is 6.64. The first-order valence-corrected chi connectivity index (χ1v) is 22.9. The molecule has 0 bridgehead atoms. The molecule has 2 aromatic heterocycles. The highest BCUT2D eigenvalue weighted by molar-refractivity contribution is 7.29. The summed E-state index contributed by atoms with van der Waals surface area (Å²) in [6.07, 6.45) is 4.79. The van der Waals surface area contributed by atoms with Gasteiger partial charge in [-0.1, -0.05) is 128 Å². The third kappa shape index (κ3) is 5.13. The minimum absolute atomic E-state index is 0.0832. The van der Waals surface area contributed by atoms with Gasteiger partial charge < -0.3 is 9.88 Å². The van der Waals surface area contributed by atoms with E-state index >= 15 is 0 Å². The van der Waals surface area contributed by atoms with Crippen molar-refractivity contribution in [1.29, 1.82) is 0 Å². The first-order chi connectivity index (χ1) is 28.7. The molecule has 60 heavy (non-hydrogen) atoms. The summed E-state index contributed by atoms with van der Waals surface area (Å²) in [6.45, 7) is 19.6. The fourth-order valence-corrected chi connectivity index (χ4v) is 12.7. The highest BCUT2D eigenvalue weighted by atomic mass is 32.1. The van der Waals surface area contributed by atoms with E-state index < -0.39 is 0 Å². The van der Waals surface area contributed by atoms with E-state index in [4.69, 9.17) is 0 Å². The van der Waals surface area contributed by atoms with Crippen LogP contribution in [0, 0.1) is 0 Å². The first kappa shape index (κ1) is 36.5. The highest BCUT2D eigenvalue weighted by Crippen LogP contribution is 2.53. The van der Waals surface area contributed by atoms with Crippen LogP contribution in [0.15, 0.2) is 115 Å². The van der Waals surface area contributed by atoms with E-state index in [0.29, 0.717) is 0 Å². The van der Waals surface area contributed by atoms with E-state index in [9.17, 15) is 0 Å². The van der Waals surface area contributed by atoms with Gasteiger partial charge >= 0.3 is 0 Å². The Labute approximate surface area is 358 Å². The Bertz CT molecular complexity index is 3320. The summed E-state index contributed by atoms with van der Waals surface area (Å²) in [5, 5.41) is 8.97. The molecule has 2 aliphatic carbocycles. The number of aromatic amines is 1. The monoisotopic (exact) mass is 795 g/mol. The Morgan fingerprint density at radius 1 is 0.500 bits per heavy atom. The number of anilines is 3. The van der Waals surface area contributed by atoms with Crippen LogP contribution in [-0.2, 0) is 21.7 Å². The maximum atomic E-state index is 3.95. The van der Waals surface area contributed by atoms with Gasteiger partial charge in [-0.3, -0.25) is 0 Å². The lowest BCUT2D eigenvalue weighted by atomic mass is 9.60. The molecule has 295 valence electrons. The van der Waals surface area contributed by atoms with Crippen molar-refractivity contribution in [1.82, 2.24) is 4.98 Å². The number of nitrogens with zero attached hydrogens (tertiary/aromatic N) is 1. The molecule has 0 unspecified atom stereocenters. The van der Waals surface area contributed by atoms with Crippen LogP contribution in [0.1, 0.15) is 103 Å². The minimum atomic E-state index is 0.0832. The van der Waals surface area contributed by atoms with E-state index in [1.807, 2.05) is 11.3 Å². The number of nitrogens with one attached hydrogen (secondary N) is 1. The molecular formula is C56H52BN2S. The molecule has 0 spiro atoms. The van der Waals surface area contributed by atoms with E-state index in [1.54, 1.807) is 0 Å². The predicted molar refractivity (Wildman–Crippen MR) is 262 cm³/mol. The Morgan fingerprint density at radius 2 is 1.12 bits per heavy atom. The van der Waals surface area contributed by atoms with E-state index in [1.165, 1.54) is 140 Å². The Balaban J connectivity index is 1.18. The summed E-state index contributed by atoms with van der Waals surface area (Å²) >= 11 is 1.98. The number of H-pyrrole nitrogens is 1. The second-order valence-corrected chi connectivity index (χ2v) is 22.0. The van der Waals surface area contributed by atoms with Gasteiger partial charge in [-0.25, -0.2) is 0 Å². The molecular weight excluding hydrogens is 744 g/mol. The lowest BCUT2D eigenvalue weighted by Gasteiger charge is -2.43. The summed E-state index contributed by atoms with van der Waals surface area (Å²) < 4.78 is 2.72. The van der Waals surface area contributed by atoms with Crippen molar-refractivity contribution in [3.63, 3.8) is 0 Å². The highest BCUT2D eigenvalue weighted by Gasteiger charge is 2.41. The van der Waals surface area contributed by atoms with E-state index in [-0.39, 0.29) is 21.7 Å². The number of thiophene rings is 1. The van der Waals surface area contributed by atoms with Gasteiger partial charge in [0.2, 0.25) is 7.28 Å². The van der Waals surface area contributed by atoms with Crippen LogP contribution in [-0.4, -0.2) is 12.3 Å². The Morgan fingerprint density at radius 3 is 1.85 bits per heavy atom. The molecule has 0 fully saturated rings. The fraction of sp³-hybridized carbons (Fsp3) is 0.286.